The van der Waals surface area contributed by atoms with Gasteiger partial charge in [-0.15, -0.1) is 0 Å². The van der Waals surface area contributed by atoms with Gasteiger partial charge in [0.2, 0.25) is 0 Å². The van der Waals surface area contributed by atoms with Gasteiger partial charge in [-0.1, -0.05) is 89.9 Å². The molecular formula is C26H27Cl2NO. The molecule has 3 aromatic carbocycles. The van der Waals surface area contributed by atoms with Crippen LogP contribution in [0.3, 0.4) is 0 Å². The van der Waals surface area contributed by atoms with Crippen LogP contribution in [0.5, 0.6) is 0 Å². The third kappa shape index (κ3) is 5.65. The van der Waals surface area contributed by atoms with Gasteiger partial charge >= 0.3 is 0 Å². The molecule has 0 N–H and O–H groups in total. The number of hydrogen-bond donors (Lipinski definition) is 0. The van der Waals surface area contributed by atoms with Crippen molar-refractivity contribution in [2.75, 3.05) is 19.6 Å². The third-order valence-electron chi connectivity index (χ3n) is 5.70. The molecule has 4 heteroatoms. The molecule has 1 aliphatic heterocycles. The summed E-state index contributed by atoms with van der Waals surface area (Å²) in [5.41, 5.74) is 3.63. The maximum Gasteiger partial charge on any atom is 0.108 e. The van der Waals surface area contributed by atoms with Crippen LogP contribution >= 0.6 is 23.2 Å². The number of nitrogens with zero attached hydrogens (tertiary/aromatic N) is 1. The first-order valence-corrected chi connectivity index (χ1v) is 11.4. The Bertz CT molecular complexity index is 893. The first-order valence-electron chi connectivity index (χ1n) is 10.6. The highest BCUT2D eigenvalue weighted by molar-refractivity contribution is 6.42. The molecule has 1 heterocycles. The van der Waals surface area contributed by atoms with Crippen molar-refractivity contribution in [3.63, 3.8) is 0 Å². The lowest BCUT2D eigenvalue weighted by Gasteiger charge is -2.35. The molecular weight excluding hydrogens is 413 g/mol. The molecule has 1 saturated heterocycles. The van der Waals surface area contributed by atoms with Crippen molar-refractivity contribution < 1.29 is 4.74 Å². The van der Waals surface area contributed by atoms with Gasteiger partial charge < -0.3 is 9.64 Å². The number of benzene rings is 3. The number of hydrogen-bond acceptors (Lipinski definition) is 2. The van der Waals surface area contributed by atoms with Crippen molar-refractivity contribution in [3.05, 3.63) is 106 Å². The second-order valence-corrected chi connectivity index (χ2v) is 8.72. The van der Waals surface area contributed by atoms with Crippen LogP contribution in [0.4, 0.5) is 0 Å². The summed E-state index contributed by atoms with van der Waals surface area (Å²) in [4.78, 5) is 2.50. The Morgan fingerprint density at radius 2 is 1.53 bits per heavy atom. The smallest absolute Gasteiger partial charge is 0.108 e. The standard InChI is InChI=1S/C26H27Cl2NO/c27-24-14-13-20(18-25(24)28)15-17-29-16-7-12-23(19-29)30-26(21-8-3-1-4-9-21)22-10-5-2-6-11-22/h1-6,8-11,13-14,18,23,26H,7,12,15-17,19H2/t23-/m1/s1. The topological polar surface area (TPSA) is 12.5 Å². The minimum atomic E-state index is -0.0348. The molecule has 0 spiro atoms. The Hall–Kier alpha value is -1.84. The van der Waals surface area contributed by atoms with Gasteiger partial charge in [0.05, 0.1) is 16.1 Å². The van der Waals surface area contributed by atoms with E-state index >= 15 is 0 Å². The number of piperidine rings is 1. The van der Waals surface area contributed by atoms with Crippen molar-refractivity contribution in [3.8, 4) is 0 Å². The maximum atomic E-state index is 6.70. The second-order valence-electron chi connectivity index (χ2n) is 7.90. The van der Waals surface area contributed by atoms with Crippen molar-refractivity contribution in [2.45, 2.75) is 31.5 Å². The predicted octanol–water partition coefficient (Wildman–Crippen LogP) is 6.81. The zero-order valence-electron chi connectivity index (χ0n) is 17.0. The largest absolute Gasteiger partial charge is 0.364 e. The molecule has 0 amide bonds. The number of rotatable bonds is 7. The fraction of sp³-hybridized carbons (Fsp3) is 0.308. The average molecular weight is 440 g/mol. The monoisotopic (exact) mass is 439 g/mol. The first kappa shape index (κ1) is 21.4. The molecule has 1 fully saturated rings. The maximum absolute atomic E-state index is 6.70. The summed E-state index contributed by atoms with van der Waals surface area (Å²) < 4.78 is 6.70. The zero-order chi connectivity index (χ0) is 20.8. The van der Waals surface area contributed by atoms with Gasteiger partial charge in [-0.25, -0.2) is 0 Å². The molecule has 0 aromatic heterocycles. The van der Waals surface area contributed by atoms with Crippen molar-refractivity contribution in [1.29, 1.82) is 0 Å². The summed E-state index contributed by atoms with van der Waals surface area (Å²) in [7, 11) is 0. The van der Waals surface area contributed by atoms with E-state index in [0.29, 0.717) is 10.0 Å². The van der Waals surface area contributed by atoms with Gasteiger partial charge in [-0.3, -0.25) is 0 Å². The Balaban J connectivity index is 1.40. The van der Waals surface area contributed by atoms with Crippen LogP contribution in [0.15, 0.2) is 78.9 Å². The van der Waals surface area contributed by atoms with Crippen LogP contribution in [0.2, 0.25) is 10.0 Å². The molecule has 4 rings (SSSR count). The van der Waals surface area contributed by atoms with Gasteiger partial charge in [0, 0.05) is 13.1 Å². The van der Waals surface area contributed by atoms with Crippen LogP contribution in [0.25, 0.3) is 0 Å². The van der Waals surface area contributed by atoms with E-state index in [1.54, 1.807) is 0 Å². The average Bonchev–Trinajstić information content (AvgIpc) is 2.80. The van der Waals surface area contributed by atoms with E-state index in [2.05, 4.69) is 71.6 Å². The lowest BCUT2D eigenvalue weighted by molar-refractivity contribution is -0.0330. The van der Waals surface area contributed by atoms with Crippen LogP contribution in [0.1, 0.15) is 35.6 Å². The van der Waals surface area contributed by atoms with Crippen LogP contribution in [-0.4, -0.2) is 30.6 Å². The molecule has 30 heavy (non-hydrogen) atoms. The van der Waals surface area contributed by atoms with E-state index in [1.165, 1.54) is 16.7 Å². The van der Waals surface area contributed by atoms with E-state index in [0.717, 1.165) is 38.9 Å². The van der Waals surface area contributed by atoms with Crippen molar-refractivity contribution in [2.24, 2.45) is 0 Å². The third-order valence-corrected chi connectivity index (χ3v) is 6.44. The highest BCUT2D eigenvalue weighted by atomic mass is 35.5. The Morgan fingerprint density at radius 1 is 0.867 bits per heavy atom. The summed E-state index contributed by atoms with van der Waals surface area (Å²) in [6.45, 7) is 3.07. The fourth-order valence-corrected chi connectivity index (χ4v) is 4.43. The molecule has 1 atom stereocenters. The number of halogens is 2. The Labute approximate surface area is 189 Å². The van der Waals surface area contributed by atoms with E-state index in [-0.39, 0.29) is 12.2 Å². The van der Waals surface area contributed by atoms with Crippen LogP contribution in [-0.2, 0) is 11.2 Å². The fourth-order valence-electron chi connectivity index (χ4n) is 4.11. The summed E-state index contributed by atoms with van der Waals surface area (Å²) in [5.74, 6) is 0. The lowest BCUT2D eigenvalue weighted by atomic mass is 10.00. The van der Waals surface area contributed by atoms with Crippen molar-refractivity contribution in [1.82, 2.24) is 4.90 Å². The highest BCUT2D eigenvalue weighted by Crippen LogP contribution is 2.30. The summed E-state index contributed by atoms with van der Waals surface area (Å²) in [6, 6.07) is 27.0. The molecule has 156 valence electrons. The molecule has 0 aliphatic carbocycles. The first-order chi connectivity index (χ1) is 14.7. The van der Waals surface area contributed by atoms with E-state index in [1.807, 2.05) is 12.1 Å². The minimum Gasteiger partial charge on any atom is -0.364 e. The molecule has 0 radical (unpaired) electrons. The number of likely N-dealkylation sites (tertiary alicyclic amines) is 1. The molecule has 0 bridgehead atoms. The van der Waals surface area contributed by atoms with Crippen molar-refractivity contribution >= 4 is 23.2 Å². The normalized spacial score (nSPS) is 17.4. The number of ether oxygens (including phenoxy) is 1. The molecule has 1 aliphatic rings. The van der Waals surface area contributed by atoms with Crippen LogP contribution < -0.4 is 0 Å². The summed E-state index contributed by atoms with van der Waals surface area (Å²) in [6.07, 6.45) is 3.40. The summed E-state index contributed by atoms with van der Waals surface area (Å²) in [5, 5.41) is 1.24. The minimum absolute atomic E-state index is 0.0348. The van der Waals surface area contributed by atoms with Gasteiger partial charge in [0.25, 0.3) is 0 Å². The van der Waals surface area contributed by atoms with Crippen LogP contribution in [0, 0.1) is 0 Å². The molecule has 0 saturated carbocycles. The highest BCUT2D eigenvalue weighted by Gasteiger charge is 2.25. The molecule has 2 nitrogen and oxygen atoms in total. The Kier molecular flexibility index (Phi) is 7.46. The molecule has 0 unspecified atom stereocenters. The summed E-state index contributed by atoms with van der Waals surface area (Å²) >= 11 is 12.2. The SMILES string of the molecule is Clc1ccc(CCN2CCC[C@@H](OC(c3ccccc3)c3ccccc3)C2)cc1Cl. The zero-order valence-corrected chi connectivity index (χ0v) is 18.5. The lowest BCUT2D eigenvalue weighted by Crippen LogP contribution is -2.41. The van der Waals surface area contributed by atoms with Gasteiger partial charge in [-0.2, -0.15) is 0 Å². The van der Waals surface area contributed by atoms with E-state index < -0.39 is 0 Å². The second kappa shape index (κ2) is 10.5. The predicted molar refractivity (Wildman–Crippen MR) is 125 cm³/mol. The van der Waals surface area contributed by atoms with Gasteiger partial charge in [0.15, 0.2) is 0 Å². The molecule has 3 aromatic rings. The Morgan fingerprint density at radius 3 is 2.17 bits per heavy atom. The van der Waals surface area contributed by atoms with E-state index in [4.69, 9.17) is 27.9 Å². The van der Waals surface area contributed by atoms with Gasteiger partial charge in [-0.05, 0) is 54.6 Å². The quantitative estimate of drug-likeness (QED) is 0.400. The van der Waals surface area contributed by atoms with E-state index in [9.17, 15) is 0 Å². The van der Waals surface area contributed by atoms with Gasteiger partial charge in [0.1, 0.15) is 6.10 Å².